The van der Waals surface area contributed by atoms with E-state index in [2.05, 4.69) is 19.6 Å². The van der Waals surface area contributed by atoms with Gasteiger partial charge >= 0.3 is 0 Å². The van der Waals surface area contributed by atoms with Gasteiger partial charge in [-0.3, -0.25) is 0 Å². The van der Waals surface area contributed by atoms with Gasteiger partial charge in [0.1, 0.15) is 0 Å². The highest BCUT2D eigenvalue weighted by Gasteiger charge is 2.14. The summed E-state index contributed by atoms with van der Waals surface area (Å²) in [5.74, 6) is 0. The van der Waals surface area contributed by atoms with Crippen molar-refractivity contribution >= 4 is 0 Å². The number of hydrogen-bond donors (Lipinski definition) is 0. The third-order valence-corrected chi connectivity index (χ3v) is 1.73. The highest BCUT2D eigenvalue weighted by Crippen LogP contribution is 2.18. The maximum atomic E-state index is 5.48. The molecule has 0 aromatic rings. The average Bonchev–Trinajstić information content (AvgIpc) is 1.88. The van der Waals surface area contributed by atoms with Gasteiger partial charge in [0, 0.05) is 0 Å². The molecule has 1 unspecified atom stereocenters. The van der Waals surface area contributed by atoms with Crippen molar-refractivity contribution in [2.75, 3.05) is 6.61 Å². The minimum absolute atomic E-state index is 0.189. The SMILES string of the molecule is C=C(C)C1OCCC=C1C. The second-order valence-corrected chi connectivity index (χ2v) is 2.83. The molecule has 56 valence electrons. The first-order chi connectivity index (χ1) is 4.72. The third-order valence-electron chi connectivity index (χ3n) is 1.73. The molecule has 0 spiro atoms. The van der Waals surface area contributed by atoms with Crippen LogP contribution in [0.15, 0.2) is 23.8 Å². The molecule has 10 heavy (non-hydrogen) atoms. The molecule has 1 aliphatic rings. The van der Waals surface area contributed by atoms with E-state index < -0.39 is 0 Å². The first-order valence-corrected chi connectivity index (χ1v) is 3.65. The van der Waals surface area contributed by atoms with E-state index >= 15 is 0 Å². The lowest BCUT2D eigenvalue weighted by atomic mass is 10.0. The van der Waals surface area contributed by atoms with Crippen LogP contribution in [0.25, 0.3) is 0 Å². The van der Waals surface area contributed by atoms with Crippen LogP contribution in [0.2, 0.25) is 0 Å². The van der Waals surface area contributed by atoms with Crippen LogP contribution in [0.4, 0.5) is 0 Å². The minimum atomic E-state index is 0.189. The first kappa shape index (κ1) is 7.55. The Morgan fingerprint density at radius 1 is 1.80 bits per heavy atom. The van der Waals surface area contributed by atoms with Crippen molar-refractivity contribution in [2.45, 2.75) is 26.4 Å². The van der Waals surface area contributed by atoms with Gasteiger partial charge in [-0.05, 0) is 31.4 Å². The quantitative estimate of drug-likeness (QED) is 0.505. The van der Waals surface area contributed by atoms with Gasteiger partial charge in [-0.2, -0.15) is 0 Å². The summed E-state index contributed by atoms with van der Waals surface area (Å²) in [5, 5.41) is 0. The highest BCUT2D eigenvalue weighted by atomic mass is 16.5. The topological polar surface area (TPSA) is 9.23 Å². The van der Waals surface area contributed by atoms with Gasteiger partial charge < -0.3 is 4.74 Å². The van der Waals surface area contributed by atoms with E-state index in [4.69, 9.17) is 4.74 Å². The molecule has 0 aromatic heterocycles. The fourth-order valence-corrected chi connectivity index (χ4v) is 1.24. The van der Waals surface area contributed by atoms with Crippen molar-refractivity contribution in [3.05, 3.63) is 23.8 Å². The van der Waals surface area contributed by atoms with Crippen molar-refractivity contribution in [3.8, 4) is 0 Å². The molecule has 0 amide bonds. The molecule has 0 saturated heterocycles. The zero-order valence-corrected chi connectivity index (χ0v) is 6.68. The molecule has 0 N–H and O–H groups in total. The Morgan fingerprint density at radius 2 is 2.50 bits per heavy atom. The molecular weight excluding hydrogens is 124 g/mol. The van der Waals surface area contributed by atoms with Crippen molar-refractivity contribution in [1.29, 1.82) is 0 Å². The largest absolute Gasteiger partial charge is 0.369 e. The summed E-state index contributed by atoms with van der Waals surface area (Å²) < 4.78 is 5.48. The zero-order chi connectivity index (χ0) is 7.56. The average molecular weight is 138 g/mol. The fraction of sp³-hybridized carbons (Fsp3) is 0.556. The fourth-order valence-electron chi connectivity index (χ4n) is 1.24. The van der Waals surface area contributed by atoms with Crippen molar-refractivity contribution in [3.63, 3.8) is 0 Å². The Labute approximate surface area is 62.4 Å². The van der Waals surface area contributed by atoms with E-state index in [1.165, 1.54) is 5.57 Å². The van der Waals surface area contributed by atoms with E-state index in [1.807, 2.05) is 6.92 Å². The third kappa shape index (κ3) is 1.48. The molecule has 1 aliphatic heterocycles. The van der Waals surface area contributed by atoms with Gasteiger partial charge in [0.25, 0.3) is 0 Å². The van der Waals surface area contributed by atoms with E-state index in [0.29, 0.717) is 0 Å². The lowest BCUT2D eigenvalue weighted by molar-refractivity contribution is 0.0944. The molecule has 0 aliphatic carbocycles. The standard InChI is InChI=1S/C9H14O/c1-7(2)9-8(3)5-4-6-10-9/h5,9H,1,4,6H2,2-3H3. The zero-order valence-electron chi connectivity index (χ0n) is 6.68. The monoisotopic (exact) mass is 138 g/mol. The number of ether oxygens (including phenoxy) is 1. The van der Waals surface area contributed by atoms with E-state index in [1.54, 1.807) is 0 Å². The van der Waals surface area contributed by atoms with Crippen LogP contribution < -0.4 is 0 Å². The molecule has 0 aromatic carbocycles. The van der Waals surface area contributed by atoms with Crippen LogP contribution in [-0.4, -0.2) is 12.7 Å². The molecule has 1 atom stereocenters. The van der Waals surface area contributed by atoms with Gasteiger partial charge in [-0.1, -0.05) is 12.7 Å². The lowest BCUT2D eigenvalue weighted by Gasteiger charge is -2.22. The summed E-state index contributed by atoms with van der Waals surface area (Å²) in [6, 6.07) is 0. The predicted molar refractivity (Wildman–Crippen MR) is 42.9 cm³/mol. The molecule has 1 nitrogen and oxygen atoms in total. The summed E-state index contributed by atoms with van der Waals surface area (Å²) in [5.41, 5.74) is 2.41. The molecular formula is C9H14O. The Balaban J connectivity index is 2.67. The predicted octanol–water partition coefficient (Wildman–Crippen LogP) is 2.30. The van der Waals surface area contributed by atoms with E-state index in [9.17, 15) is 0 Å². The number of hydrogen-bond acceptors (Lipinski definition) is 1. The summed E-state index contributed by atoms with van der Waals surface area (Å²) in [4.78, 5) is 0. The van der Waals surface area contributed by atoms with E-state index in [0.717, 1.165) is 18.6 Å². The van der Waals surface area contributed by atoms with Gasteiger partial charge in [0.05, 0.1) is 12.7 Å². The van der Waals surface area contributed by atoms with Crippen molar-refractivity contribution in [2.24, 2.45) is 0 Å². The Bertz CT molecular complexity index is 168. The van der Waals surface area contributed by atoms with Gasteiger partial charge in [-0.25, -0.2) is 0 Å². The second kappa shape index (κ2) is 3.02. The van der Waals surface area contributed by atoms with Crippen LogP contribution >= 0.6 is 0 Å². The van der Waals surface area contributed by atoms with Crippen LogP contribution in [0, 0.1) is 0 Å². The maximum Gasteiger partial charge on any atom is 0.0988 e. The van der Waals surface area contributed by atoms with Crippen LogP contribution in [-0.2, 0) is 4.74 Å². The highest BCUT2D eigenvalue weighted by molar-refractivity contribution is 5.19. The second-order valence-electron chi connectivity index (χ2n) is 2.83. The molecule has 0 saturated carbocycles. The summed E-state index contributed by atoms with van der Waals surface area (Å²) in [6.07, 6.45) is 3.46. The smallest absolute Gasteiger partial charge is 0.0988 e. The van der Waals surface area contributed by atoms with Crippen LogP contribution in [0.5, 0.6) is 0 Å². The van der Waals surface area contributed by atoms with E-state index in [-0.39, 0.29) is 6.10 Å². The minimum Gasteiger partial charge on any atom is -0.369 e. The lowest BCUT2D eigenvalue weighted by Crippen LogP contribution is -2.19. The molecule has 1 rings (SSSR count). The molecule has 1 heterocycles. The first-order valence-electron chi connectivity index (χ1n) is 3.65. The molecule has 0 bridgehead atoms. The van der Waals surface area contributed by atoms with Crippen LogP contribution in [0.1, 0.15) is 20.3 Å². The summed E-state index contributed by atoms with van der Waals surface area (Å²) >= 11 is 0. The Hall–Kier alpha value is -0.560. The van der Waals surface area contributed by atoms with Gasteiger partial charge in [0.2, 0.25) is 0 Å². The van der Waals surface area contributed by atoms with Crippen molar-refractivity contribution in [1.82, 2.24) is 0 Å². The molecule has 1 heteroatoms. The Morgan fingerprint density at radius 3 is 2.90 bits per heavy atom. The number of rotatable bonds is 1. The van der Waals surface area contributed by atoms with Gasteiger partial charge in [0.15, 0.2) is 0 Å². The maximum absolute atomic E-state index is 5.48. The Kier molecular flexibility index (Phi) is 2.28. The van der Waals surface area contributed by atoms with Crippen molar-refractivity contribution < 1.29 is 4.74 Å². The van der Waals surface area contributed by atoms with Gasteiger partial charge in [-0.15, -0.1) is 0 Å². The molecule has 0 radical (unpaired) electrons. The normalized spacial score (nSPS) is 25.8. The summed E-state index contributed by atoms with van der Waals surface area (Å²) in [6.45, 7) is 8.81. The van der Waals surface area contributed by atoms with Crippen LogP contribution in [0.3, 0.4) is 0 Å². The summed E-state index contributed by atoms with van der Waals surface area (Å²) in [7, 11) is 0. The molecule has 0 fully saturated rings.